The van der Waals surface area contributed by atoms with Crippen LogP contribution in [0.2, 0.25) is 0 Å². The first-order chi connectivity index (χ1) is 17.9. The number of rotatable bonds is 8. The monoisotopic (exact) mass is 511 g/mol. The summed E-state index contributed by atoms with van der Waals surface area (Å²) in [6, 6.07) is 16.9. The van der Waals surface area contributed by atoms with Gasteiger partial charge in [-0.05, 0) is 34.1 Å². The van der Waals surface area contributed by atoms with Crippen LogP contribution in [0, 0.1) is 17.3 Å². The van der Waals surface area contributed by atoms with Gasteiger partial charge >= 0.3 is 0 Å². The maximum Gasteiger partial charge on any atom is 0.225 e. The van der Waals surface area contributed by atoms with E-state index >= 15 is 0 Å². The Balaban J connectivity index is 1.48. The highest BCUT2D eigenvalue weighted by molar-refractivity contribution is 5.81. The first kappa shape index (κ1) is 27.4. The second-order valence-electron chi connectivity index (χ2n) is 12.0. The second-order valence-corrected chi connectivity index (χ2v) is 12.0. The lowest BCUT2D eigenvalue weighted by molar-refractivity contribution is -0.129. The summed E-state index contributed by atoms with van der Waals surface area (Å²) in [4.78, 5) is 28.7. The van der Waals surface area contributed by atoms with Gasteiger partial charge in [0.25, 0.3) is 0 Å². The van der Waals surface area contributed by atoms with E-state index in [9.17, 15) is 4.79 Å². The van der Waals surface area contributed by atoms with Crippen LogP contribution in [0.4, 0.5) is 0 Å². The number of hydrogen-bond donors (Lipinski definition) is 3. The molecule has 2 heterocycles. The molecule has 4 aromatic rings. The molecule has 4 rings (SSSR count). The number of imidazole rings is 2. The molecule has 200 valence electrons. The molecule has 2 atom stereocenters. The Morgan fingerprint density at radius 2 is 1.11 bits per heavy atom. The quantitative estimate of drug-likeness (QED) is 0.226. The zero-order valence-corrected chi connectivity index (χ0v) is 23.9. The highest BCUT2D eigenvalue weighted by atomic mass is 16.2. The van der Waals surface area contributed by atoms with E-state index < -0.39 is 5.41 Å². The van der Waals surface area contributed by atoms with E-state index in [0.29, 0.717) is 11.8 Å². The molecule has 0 spiro atoms. The van der Waals surface area contributed by atoms with Gasteiger partial charge in [0, 0.05) is 11.3 Å². The molecule has 0 bridgehead atoms. The van der Waals surface area contributed by atoms with Gasteiger partial charge in [0.05, 0.1) is 29.8 Å². The minimum Gasteiger partial charge on any atom is -0.345 e. The largest absolute Gasteiger partial charge is 0.345 e. The minimum absolute atomic E-state index is 0.0163. The molecule has 6 heteroatoms. The van der Waals surface area contributed by atoms with E-state index in [4.69, 9.17) is 0 Å². The molecule has 0 saturated heterocycles. The van der Waals surface area contributed by atoms with Crippen LogP contribution in [0.5, 0.6) is 0 Å². The first-order valence-electron chi connectivity index (χ1n) is 13.6. The number of nitrogens with zero attached hydrogens (tertiary/aromatic N) is 2. The molecular formula is C32H41N5O. The molecule has 0 aliphatic carbocycles. The summed E-state index contributed by atoms with van der Waals surface area (Å²) in [7, 11) is 0. The zero-order chi connectivity index (χ0) is 27.6. The van der Waals surface area contributed by atoms with Crippen molar-refractivity contribution < 1.29 is 4.79 Å². The number of carbonyl (C=O) groups excluding carboxylic acids is 1. The highest BCUT2D eigenvalue weighted by Gasteiger charge is 2.28. The Morgan fingerprint density at radius 1 is 0.684 bits per heavy atom. The predicted molar refractivity (Wildman–Crippen MR) is 155 cm³/mol. The van der Waals surface area contributed by atoms with Crippen LogP contribution in [-0.4, -0.2) is 25.8 Å². The van der Waals surface area contributed by atoms with Crippen LogP contribution in [0.3, 0.4) is 0 Å². The third kappa shape index (κ3) is 6.07. The number of carbonyl (C=O) groups is 1. The van der Waals surface area contributed by atoms with Gasteiger partial charge in [-0.1, -0.05) is 104 Å². The van der Waals surface area contributed by atoms with Crippen molar-refractivity contribution in [2.24, 2.45) is 17.3 Å². The smallest absolute Gasteiger partial charge is 0.225 e. The van der Waals surface area contributed by atoms with Crippen LogP contribution in [-0.2, 0) is 4.79 Å². The van der Waals surface area contributed by atoms with E-state index in [-0.39, 0.29) is 17.9 Å². The molecule has 0 fully saturated rings. The number of H-pyrrole nitrogens is 2. The van der Waals surface area contributed by atoms with Crippen LogP contribution in [0.25, 0.3) is 33.6 Å². The lowest BCUT2D eigenvalue weighted by Gasteiger charge is -2.25. The third-order valence-electron chi connectivity index (χ3n) is 7.28. The molecular weight excluding hydrogens is 470 g/mol. The van der Waals surface area contributed by atoms with Crippen LogP contribution in [0.15, 0.2) is 60.9 Å². The highest BCUT2D eigenvalue weighted by Crippen LogP contribution is 2.29. The molecule has 3 N–H and O–H groups in total. The van der Waals surface area contributed by atoms with E-state index in [1.165, 1.54) is 0 Å². The normalized spacial score (nSPS) is 13.6. The van der Waals surface area contributed by atoms with Crippen molar-refractivity contribution in [3.05, 3.63) is 72.6 Å². The Hall–Kier alpha value is -3.67. The van der Waals surface area contributed by atoms with Crippen LogP contribution < -0.4 is 5.32 Å². The zero-order valence-electron chi connectivity index (χ0n) is 23.9. The Morgan fingerprint density at radius 3 is 1.53 bits per heavy atom. The number of benzene rings is 2. The van der Waals surface area contributed by atoms with Crippen molar-refractivity contribution in [2.45, 2.75) is 67.3 Å². The summed E-state index contributed by atoms with van der Waals surface area (Å²) in [5, 5.41) is 3.16. The Kier molecular flexibility index (Phi) is 7.91. The van der Waals surface area contributed by atoms with Crippen LogP contribution in [0.1, 0.15) is 79.0 Å². The van der Waals surface area contributed by atoms with Crippen molar-refractivity contribution in [3.8, 4) is 33.6 Å². The number of hydrogen-bond acceptors (Lipinski definition) is 3. The van der Waals surface area contributed by atoms with E-state index in [1.807, 2.05) is 33.2 Å². The molecule has 0 saturated carbocycles. The minimum atomic E-state index is -0.454. The molecule has 2 aromatic heterocycles. The van der Waals surface area contributed by atoms with Crippen molar-refractivity contribution in [1.82, 2.24) is 25.3 Å². The fourth-order valence-electron chi connectivity index (χ4n) is 4.26. The van der Waals surface area contributed by atoms with Gasteiger partial charge in [-0.15, -0.1) is 0 Å². The van der Waals surface area contributed by atoms with Gasteiger partial charge in [-0.3, -0.25) is 4.79 Å². The summed E-state index contributed by atoms with van der Waals surface area (Å²) in [6.07, 6.45) is 3.77. The Labute approximate surface area is 226 Å². The van der Waals surface area contributed by atoms with Crippen molar-refractivity contribution in [2.75, 3.05) is 0 Å². The van der Waals surface area contributed by atoms with E-state index in [1.54, 1.807) is 0 Å². The fraction of sp³-hybridized carbons (Fsp3) is 0.406. The van der Waals surface area contributed by atoms with Crippen LogP contribution >= 0.6 is 0 Å². The average Bonchev–Trinajstić information content (AvgIpc) is 3.56. The summed E-state index contributed by atoms with van der Waals surface area (Å²) in [5.41, 5.74) is 6.01. The number of aromatic amines is 2. The van der Waals surface area contributed by atoms with Gasteiger partial charge in [0.1, 0.15) is 11.6 Å². The SMILES string of the molecule is CC(C)[C@H](C)c1ncc(-c2ccc(-c3ccc(-c4cnc([C@@H](NC(=O)C(C)(C)C)C(C)C)[nH]4)cc3)cc2)[nH]1. The number of amides is 1. The molecule has 1 amide bonds. The topological polar surface area (TPSA) is 86.5 Å². The Bertz CT molecular complexity index is 1350. The molecule has 0 unspecified atom stereocenters. The lowest BCUT2D eigenvalue weighted by Crippen LogP contribution is -2.39. The maximum absolute atomic E-state index is 12.6. The van der Waals surface area contributed by atoms with Crippen molar-refractivity contribution in [3.63, 3.8) is 0 Å². The third-order valence-corrected chi connectivity index (χ3v) is 7.28. The summed E-state index contributed by atoms with van der Waals surface area (Å²) in [6.45, 7) is 16.6. The van der Waals surface area contributed by atoms with E-state index in [2.05, 4.69) is 108 Å². The number of nitrogens with one attached hydrogen (secondary N) is 3. The van der Waals surface area contributed by atoms with Gasteiger partial charge in [-0.2, -0.15) is 0 Å². The number of aromatic nitrogens is 4. The van der Waals surface area contributed by atoms with Crippen molar-refractivity contribution >= 4 is 5.91 Å². The summed E-state index contributed by atoms with van der Waals surface area (Å²) in [5.74, 6) is 2.97. The predicted octanol–water partition coefficient (Wildman–Crippen LogP) is 7.75. The average molecular weight is 512 g/mol. The van der Waals surface area contributed by atoms with Gasteiger partial charge in [-0.25, -0.2) is 9.97 Å². The molecule has 0 aliphatic rings. The lowest BCUT2D eigenvalue weighted by atomic mass is 9.94. The van der Waals surface area contributed by atoms with Gasteiger partial charge in [0.2, 0.25) is 5.91 Å². The summed E-state index contributed by atoms with van der Waals surface area (Å²) >= 11 is 0. The summed E-state index contributed by atoms with van der Waals surface area (Å²) < 4.78 is 0. The second kappa shape index (κ2) is 11.0. The fourth-order valence-corrected chi connectivity index (χ4v) is 4.26. The standard InChI is InChI=1S/C32H41N5O/c1-19(2)21(5)29-33-17-26(35-29)24-13-9-22(10-14-24)23-11-15-25(16-12-23)27-18-34-30(36-27)28(20(3)4)37-31(38)32(6,7)8/h9-21,28H,1-8H3,(H,33,35)(H,34,36)(H,37,38)/t21-,28-/m0/s1. The van der Waals surface area contributed by atoms with Gasteiger partial charge < -0.3 is 15.3 Å². The molecule has 38 heavy (non-hydrogen) atoms. The van der Waals surface area contributed by atoms with E-state index in [0.717, 1.165) is 45.3 Å². The first-order valence-corrected chi connectivity index (χ1v) is 13.6. The maximum atomic E-state index is 12.6. The molecule has 0 radical (unpaired) electrons. The van der Waals surface area contributed by atoms with Crippen molar-refractivity contribution in [1.29, 1.82) is 0 Å². The molecule has 6 nitrogen and oxygen atoms in total. The molecule has 0 aliphatic heterocycles. The molecule has 2 aromatic carbocycles. The van der Waals surface area contributed by atoms with Gasteiger partial charge in [0.15, 0.2) is 0 Å².